The van der Waals surface area contributed by atoms with Gasteiger partial charge < -0.3 is 5.32 Å². The Bertz CT molecular complexity index is 494. The van der Waals surface area contributed by atoms with Crippen LogP contribution in [0.4, 0.5) is 0 Å². The van der Waals surface area contributed by atoms with E-state index in [4.69, 9.17) is 0 Å². The van der Waals surface area contributed by atoms with Crippen LogP contribution >= 0.6 is 11.3 Å². The number of hydrogen-bond donors (Lipinski definition) is 1. The zero-order valence-electron chi connectivity index (χ0n) is 11.1. The van der Waals surface area contributed by atoms with Crippen LogP contribution in [0.2, 0.25) is 0 Å². The molecule has 0 saturated heterocycles. The molecule has 4 heteroatoms. The lowest BCUT2D eigenvalue weighted by Gasteiger charge is -2.18. The summed E-state index contributed by atoms with van der Waals surface area (Å²) in [6, 6.07) is 6.75. The second-order valence-corrected chi connectivity index (χ2v) is 5.40. The molecule has 0 aliphatic heterocycles. The molecule has 2 aromatic rings. The summed E-state index contributed by atoms with van der Waals surface area (Å²) in [5.74, 6) is 0. The van der Waals surface area contributed by atoms with Crippen molar-refractivity contribution in [2.45, 2.75) is 32.7 Å². The van der Waals surface area contributed by atoms with Crippen molar-refractivity contribution in [2.75, 3.05) is 7.05 Å². The highest BCUT2D eigenvalue weighted by atomic mass is 32.1. The van der Waals surface area contributed by atoms with Crippen LogP contribution in [0.15, 0.2) is 23.6 Å². The second kappa shape index (κ2) is 6.07. The van der Waals surface area contributed by atoms with E-state index < -0.39 is 0 Å². The third-order valence-electron chi connectivity index (χ3n) is 3.07. The molecule has 2 heterocycles. The Hall–Kier alpha value is -1.26. The van der Waals surface area contributed by atoms with E-state index in [0.29, 0.717) is 6.04 Å². The fourth-order valence-electron chi connectivity index (χ4n) is 2.11. The first-order valence-corrected chi connectivity index (χ1v) is 7.15. The minimum Gasteiger partial charge on any atom is -0.313 e. The van der Waals surface area contributed by atoms with Crippen LogP contribution in [0.25, 0.3) is 0 Å². The molecule has 0 radical (unpaired) electrons. The van der Waals surface area contributed by atoms with Crippen LogP contribution < -0.4 is 5.32 Å². The van der Waals surface area contributed by atoms with E-state index in [-0.39, 0.29) is 0 Å². The van der Waals surface area contributed by atoms with Crippen molar-refractivity contribution in [3.05, 3.63) is 45.4 Å². The van der Waals surface area contributed by atoms with Crippen molar-refractivity contribution in [3.8, 4) is 0 Å². The summed E-state index contributed by atoms with van der Waals surface area (Å²) in [6.07, 6.45) is 1.93. The third kappa shape index (κ3) is 2.94. The molecular weight excluding hydrogens is 242 g/mol. The second-order valence-electron chi connectivity index (χ2n) is 4.37. The molecule has 18 heavy (non-hydrogen) atoms. The Kier molecular flexibility index (Phi) is 4.44. The molecule has 2 aromatic heterocycles. The van der Waals surface area contributed by atoms with Crippen molar-refractivity contribution in [1.82, 2.24) is 15.5 Å². The van der Waals surface area contributed by atoms with Gasteiger partial charge in [-0.1, -0.05) is 13.0 Å². The number of nitrogens with zero attached hydrogens (tertiary/aromatic N) is 2. The largest absolute Gasteiger partial charge is 0.313 e. The summed E-state index contributed by atoms with van der Waals surface area (Å²) in [4.78, 5) is 1.39. The maximum atomic E-state index is 4.31. The number of rotatable bonds is 5. The quantitative estimate of drug-likeness (QED) is 0.899. The first-order chi connectivity index (χ1) is 8.74. The Morgan fingerprint density at radius 3 is 2.83 bits per heavy atom. The Morgan fingerprint density at radius 2 is 2.22 bits per heavy atom. The van der Waals surface area contributed by atoms with Gasteiger partial charge in [-0.2, -0.15) is 10.2 Å². The van der Waals surface area contributed by atoms with Crippen molar-refractivity contribution >= 4 is 11.3 Å². The highest BCUT2D eigenvalue weighted by Gasteiger charge is 2.15. The fourth-order valence-corrected chi connectivity index (χ4v) is 2.86. The lowest BCUT2D eigenvalue weighted by Crippen LogP contribution is -2.21. The minimum atomic E-state index is 0.313. The predicted molar refractivity (Wildman–Crippen MR) is 76.0 cm³/mol. The fraction of sp³-hybridized carbons (Fsp3) is 0.429. The van der Waals surface area contributed by atoms with Crippen LogP contribution in [0.3, 0.4) is 0 Å². The van der Waals surface area contributed by atoms with Crippen molar-refractivity contribution in [2.24, 2.45) is 0 Å². The molecular formula is C14H19N3S. The van der Waals surface area contributed by atoms with Crippen LogP contribution in [-0.2, 0) is 12.8 Å². The number of thiophene rings is 1. The van der Waals surface area contributed by atoms with Crippen molar-refractivity contribution in [3.63, 3.8) is 0 Å². The van der Waals surface area contributed by atoms with Crippen LogP contribution in [0.5, 0.6) is 0 Å². The lowest BCUT2D eigenvalue weighted by atomic mass is 10.00. The van der Waals surface area contributed by atoms with E-state index in [0.717, 1.165) is 24.2 Å². The van der Waals surface area contributed by atoms with Gasteiger partial charge in [0.25, 0.3) is 0 Å². The molecule has 1 N–H and O–H groups in total. The topological polar surface area (TPSA) is 37.8 Å². The molecule has 96 valence electrons. The maximum absolute atomic E-state index is 4.31. The van der Waals surface area contributed by atoms with Gasteiger partial charge in [-0.25, -0.2) is 0 Å². The number of likely N-dealkylation sites (N-methyl/N-ethyl adjacent to an activating group) is 1. The monoisotopic (exact) mass is 261 g/mol. The van der Waals surface area contributed by atoms with E-state index in [1.807, 2.05) is 14.0 Å². The van der Waals surface area contributed by atoms with Crippen LogP contribution in [0, 0.1) is 6.92 Å². The van der Waals surface area contributed by atoms with E-state index >= 15 is 0 Å². The molecule has 3 nitrogen and oxygen atoms in total. The molecule has 0 amide bonds. The zero-order chi connectivity index (χ0) is 13.0. The smallest absolute Gasteiger partial charge is 0.0676 e. The summed E-state index contributed by atoms with van der Waals surface area (Å²) in [7, 11) is 2.01. The van der Waals surface area contributed by atoms with E-state index in [1.54, 1.807) is 11.3 Å². The minimum absolute atomic E-state index is 0.313. The van der Waals surface area contributed by atoms with Gasteiger partial charge in [-0.15, -0.1) is 11.3 Å². The number of aromatic nitrogens is 2. The van der Waals surface area contributed by atoms with E-state index in [9.17, 15) is 0 Å². The summed E-state index contributed by atoms with van der Waals surface area (Å²) in [6.45, 7) is 4.12. The van der Waals surface area contributed by atoms with Gasteiger partial charge in [-0.3, -0.25) is 0 Å². The van der Waals surface area contributed by atoms with Gasteiger partial charge in [0.15, 0.2) is 0 Å². The summed E-state index contributed by atoms with van der Waals surface area (Å²) in [5, 5.41) is 14.0. The van der Waals surface area contributed by atoms with Gasteiger partial charge >= 0.3 is 0 Å². The molecule has 0 bridgehead atoms. The third-order valence-corrected chi connectivity index (χ3v) is 3.97. The summed E-state index contributed by atoms with van der Waals surface area (Å²) >= 11 is 1.80. The molecule has 0 aromatic carbocycles. The molecule has 0 spiro atoms. The Balaban J connectivity index is 2.28. The van der Waals surface area contributed by atoms with Gasteiger partial charge in [-0.05, 0) is 43.5 Å². The standard InChI is InChI=1S/C14H19N3S/c1-4-13-12(8-10(2)16-17-13)14(15-3)9-11-6-5-7-18-11/h5-8,14-15H,4,9H2,1-3H3. The Morgan fingerprint density at radius 1 is 1.39 bits per heavy atom. The molecule has 0 aliphatic rings. The normalized spacial score (nSPS) is 12.6. The van der Waals surface area contributed by atoms with Gasteiger partial charge in [0.2, 0.25) is 0 Å². The molecule has 0 aliphatic carbocycles. The molecule has 0 saturated carbocycles. The number of aryl methyl sites for hydroxylation is 2. The number of nitrogens with one attached hydrogen (secondary N) is 1. The highest BCUT2D eigenvalue weighted by molar-refractivity contribution is 7.09. The highest BCUT2D eigenvalue weighted by Crippen LogP contribution is 2.23. The Labute approximate surface area is 112 Å². The first-order valence-electron chi connectivity index (χ1n) is 6.27. The lowest BCUT2D eigenvalue weighted by molar-refractivity contribution is 0.583. The average Bonchev–Trinajstić information content (AvgIpc) is 2.88. The van der Waals surface area contributed by atoms with Gasteiger partial charge in [0.05, 0.1) is 11.4 Å². The molecule has 2 rings (SSSR count). The average molecular weight is 261 g/mol. The zero-order valence-corrected chi connectivity index (χ0v) is 11.9. The van der Waals surface area contributed by atoms with Crippen LogP contribution in [-0.4, -0.2) is 17.2 Å². The predicted octanol–water partition coefficient (Wildman–Crippen LogP) is 2.91. The summed E-state index contributed by atoms with van der Waals surface area (Å²) < 4.78 is 0. The summed E-state index contributed by atoms with van der Waals surface area (Å²) in [5.41, 5.74) is 3.35. The van der Waals surface area contributed by atoms with E-state index in [2.05, 4.69) is 46.0 Å². The van der Waals surface area contributed by atoms with Crippen molar-refractivity contribution in [1.29, 1.82) is 0 Å². The van der Waals surface area contributed by atoms with Crippen LogP contribution in [0.1, 0.15) is 34.8 Å². The molecule has 0 fully saturated rings. The van der Waals surface area contributed by atoms with Gasteiger partial charge in [0, 0.05) is 17.3 Å². The maximum Gasteiger partial charge on any atom is 0.0676 e. The molecule has 1 unspecified atom stereocenters. The molecule has 1 atom stereocenters. The van der Waals surface area contributed by atoms with Crippen molar-refractivity contribution < 1.29 is 0 Å². The van der Waals surface area contributed by atoms with Gasteiger partial charge in [0.1, 0.15) is 0 Å². The van der Waals surface area contributed by atoms with E-state index in [1.165, 1.54) is 10.4 Å². The number of hydrogen-bond acceptors (Lipinski definition) is 4. The SMILES string of the molecule is CCc1nnc(C)cc1C(Cc1cccs1)NC. The first kappa shape index (κ1) is 13.2.